The van der Waals surface area contributed by atoms with Crippen molar-refractivity contribution >= 4 is 28.9 Å². The fourth-order valence-electron chi connectivity index (χ4n) is 3.19. The maximum Gasteiger partial charge on any atom is 0.238 e. The Hall–Kier alpha value is -2.34. The van der Waals surface area contributed by atoms with E-state index in [1.54, 1.807) is 25.6 Å². The third kappa shape index (κ3) is 3.39. The van der Waals surface area contributed by atoms with Gasteiger partial charge in [0.25, 0.3) is 0 Å². The molecule has 1 aromatic carbocycles. The SMILES string of the molecule is COc1cccc2c1N(C(=O)CSc1ncccn1)C(C)(C)C=C2C. The van der Waals surface area contributed by atoms with Crippen LogP contribution < -0.4 is 9.64 Å². The molecule has 2 aromatic rings. The van der Waals surface area contributed by atoms with E-state index in [2.05, 4.69) is 23.0 Å². The second-order valence-corrected chi connectivity index (χ2v) is 7.33. The molecule has 0 N–H and O–H groups in total. The van der Waals surface area contributed by atoms with Crippen molar-refractivity contribution < 1.29 is 9.53 Å². The number of anilines is 1. The smallest absolute Gasteiger partial charge is 0.238 e. The van der Waals surface area contributed by atoms with E-state index < -0.39 is 5.54 Å². The number of ether oxygens (including phenoxy) is 1. The lowest BCUT2D eigenvalue weighted by atomic mass is 9.88. The van der Waals surface area contributed by atoms with Crippen molar-refractivity contribution in [2.75, 3.05) is 17.8 Å². The molecule has 0 radical (unpaired) electrons. The van der Waals surface area contributed by atoms with E-state index >= 15 is 0 Å². The average molecular weight is 355 g/mol. The van der Waals surface area contributed by atoms with Crippen LogP contribution in [0.15, 0.2) is 47.9 Å². The number of nitrogens with zero attached hydrogens (tertiary/aromatic N) is 3. The summed E-state index contributed by atoms with van der Waals surface area (Å²) in [7, 11) is 1.63. The summed E-state index contributed by atoms with van der Waals surface area (Å²) in [5.74, 6) is 0.960. The molecule has 0 aliphatic carbocycles. The monoisotopic (exact) mass is 355 g/mol. The number of hydrogen-bond acceptors (Lipinski definition) is 5. The van der Waals surface area contributed by atoms with Crippen LogP contribution >= 0.6 is 11.8 Å². The van der Waals surface area contributed by atoms with Crippen LogP contribution in [0.3, 0.4) is 0 Å². The van der Waals surface area contributed by atoms with Gasteiger partial charge < -0.3 is 4.74 Å². The van der Waals surface area contributed by atoms with Crippen LogP contribution in [0.25, 0.3) is 5.57 Å². The number of hydrogen-bond donors (Lipinski definition) is 0. The lowest BCUT2D eigenvalue weighted by Crippen LogP contribution is -2.49. The highest BCUT2D eigenvalue weighted by Gasteiger charge is 2.37. The van der Waals surface area contributed by atoms with Gasteiger partial charge in [0, 0.05) is 18.0 Å². The van der Waals surface area contributed by atoms with Gasteiger partial charge in [0.05, 0.1) is 24.1 Å². The molecule has 0 fully saturated rings. The van der Waals surface area contributed by atoms with Gasteiger partial charge in [-0.15, -0.1) is 0 Å². The fourth-order valence-corrected chi connectivity index (χ4v) is 3.85. The molecule has 0 atom stereocenters. The number of carbonyl (C=O) groups excluding carboxylic acids is 1. The first kappa shape index (κ1) is 17.5. The van der Waals surface area contributed by atoms with Crippen LogP contribution in [0.1, 0.15) is 26.3 Å². The number of rotatable bonds is 4. The number of fused-ring (bicyclic) bond motifs is 1. The van der Waals surface area contributed by atoms with Crippen molar-refractivity contribution in [3.63, 3.8) is 0 Å². The Morgan fingerprint density at radius 2 is 1.96 bits per heavy atom. The standard InChI is InChI=1S/C19H21N3O2S/c1-13-11-19(2,3)22(17-14(13)7-5-8-15(17)24-4)16(23)12-25-18-20-9-6-10-21-18/h5-11H,12H2,1-4H3. The van der Waals surface area contributed by atoms with Crippen molar-refractivity contribution in [1.82, 2.24) is 9.97 Å². The summed E-state index contributed by atoms with van der Waals surface area (Å²) < 4.78 is 5.54. The minimum Gasteiger partial charge on any atom is -0.495 e. The molecule has 0 saturated heterocycles. The van der Waals surface area contributed by atoms with Gasteiger partial charge in [-0.25, -0.2) is 9.97 Å². The third-order valence-electron chi connectivity index (χ3n) is 4.13. The number of para-hydroxylation sites is 1. The van der Waals surface area contributed by atoms with Crippen molar-refractivity contribution in [2.24, 2.45) is 0 Å². The van der Waals surface area contributed by atoms with Crippen molar-refractivity contribution in [2.45, 2.75) is 31.5 Å². The Labute approximate surface area is 152 Å². The van der Waals surface area contributed by atoms with E-state index in [1.807, 2.05) is 36.9 Å². The topological polar surface area (TPSA) is 55.3 Å². The summed E-state index contributed by atoms with van der Waals surface area (Å²) in [6.45, 7) is 6.13. The summed E-state index contributed by atoms with van der Waals surface area (Å²) in [5, 5.41) is 0.595. The maximum atomic E-state index is 13.1. The zero-order chi connectivity index (χ0) is 18.0. The molecule has 1 aliphatic rings. The van der Waals surface area contributed by atoms with E-state index in [1.165, 1.54) is 11.8 Å². The Bertz CT molecular complexity index is 819. The van der Waals surface area contributed by atoms with Gasteiger partial charge in [-0.05, 0) is 38.5 Å². The molecule has 1 aromatic heterocycles. The highest BCUT2D eigenvalue weighted by Crippen LogP contribution is 2.44. The second kappa shape index (κ2) is 6.88. The molecule has 0 unspecified atom stereocenters. The van der Waals surface area contributed by atoms with E-state index in [9.17, 15) is 4.79 Å². The number of methoxy groups -OCH3 is 1. The Kier molecular flexibility index (Phi) is 4.81. The summed E-state index contributed by atoms with van der Waals surface area (Å²) in [6.07, 6.45) is 5.47. The molecule has 5 nitrogen and oxygen atoms in total. The Morgan fingerprint density at radius 1 is 1.24 bits per heavy atom. The molecule has 0 saturated carbocycles. The molecular formula is C19H21N3O2S. The van der Waals surface area contributed by atoms with Crippen LogP contribution in [0.2, 0.25) is 0 Å². The van der Waals surface area contributed by atoms with Gasteiger partial charge in [-0.2, -0.15) is 0 Å². The van der Waals surface area contributed by atoms with Gasteiger partial charge in [0.15, 0.2) is 5.16 Å². The molecule has 2 heterocycles. The zero-order valence-corrected chi connectivity index (χ0v) is 15.6. The molecular weight excluding hydrogens is 334 g/mol. The number of thioether (sulfide) groups is 1. The van der Waals surface area contributed by atoms with Crippen LogP contribution in [0, 0.1) is 0 Å². The summed E-state index contributed by atoms with van der Waals surface area (Å²) in [4.78, 5) is 23.2. The van der Waals surface area contributed by atoms with Gasteiger partial charge in [-0.3, -0.25) is 9.69 Å². The minimum absolute atomic E-state index is 0.00282. The summed E-state index contributed by atoms with van der Waals surface area (Å²) in [5.41, 5.74) is 2.55. The van der Waals surface area contributed by atoms with E-state index in [-0.39, 0.29) is 11.7 Å². The number of aromatic nitrogens is 2. The fraction of sp³-hybridized carbons (Fsp3) is 0.316. The van der Waals surface area contributed by atoms with Gasteiger partial charge >= 0.3 is 0 Å². The Balaban J connectivity index is 1.95. The van der Waals surface area contributed by atoms with Crippen molar-refractivity contribution in [3.8, 4) is 5.75 Å². The van der Waals surface area contributed by atoms with Crippen molar-refractivity contribution in [1.29, 1.82) is 0 Å². The second-order valence-electron chi connectivity index (χ2n) is 6.39. The maximum absolute atomic E-state index is 13.1. The molecule has 3 rings (SSSR count). The average Bonchev–Trinajstić information content (AvgIpc) is 2.59. The first-order valence-electron chi connectivity index (χ1n) is 8.04. The molecule has 130 valence electrons. The molecule has 1 amide bonds. The molecule has 25 heavy (non-hydrogen) atoms. The van der Waals surface area contributed by atoms with Gasteiger partial charge in [0.1, 0.15) is 5.75 Å². The van der Waals surface area contributed by atoms with Crippen LogP contribution in [-0.2, 0) is 4.79 Å². The van der Waals surface area contributed by atoms with E-state index in [4.69, 9.17) is 4.74 Å². The van der Waals surface area contributed by atoms with Crippen LogP contribution in [-0.4, -0.2) is 34.3 Å². The number of amides is 1. The molecule has 0 bridgehead atoms. The zero-order valence-electron chi connectivity index (χ0n) is 14.8. The number of benzene rings is 1. The van der Waals surface area contributed by atoms with E-state index in [0.717, 1.165) is 16.8 Å². The minimum atomic E-state index is -0.444. The highest BCUT2D eigenvalue weighted by molar-refractivity contribution is 7.99. The van der Waals surface area contributed by atoms with E-state index in [0.29, 0.717) is 10.9 Å². The lowest BCUT2D eigenvalue weighted by Gasteiger charge is -2.42. The van der Waals surface area contributed by atoms with Gasteiger partial charge in [0.2, 0.25) is 5.91 Å². The molecule has 1 aliphatic heterocycles. The first-order valence-corrected chi connectivity index (χ1v) is 9.02. The van der Waals surface area contributed by atoms with Gasteiger partial charge in [-0.1, -0.05) is 30.0 Å². The third-order valence-corrected chi connectivity index (χ3v) is 4.99. The first-order chi connectivity index (χ1) is 11.9. The summed E-state index contributed by atoms with van der Waals surface area (Å²) >= 11 is 1.34. The largest absolute Gasteiger partial charge is 0.495 e. The number of carbonyl (C=O) groups is 1. The predicted molar refractivity (Wildman–Crippen MR) is 101 cm³/mol. The van der Waals surface area contributed by atoms with Crippen LogP contribution in [0.5, 0.6) is 5.75 Å². The molecule has 6 heteroatoms. The van der Waals surface area contributed by atoms with Crippen molar-refractivity contribution in [3.05, 3.63) is 48.3 Å². The number of allylic oxidation sites excluding steroid dienone is 1. The normalized spacial score (nSPS) is 15.4. The Morgan fingerprint density at radius 3 is 2.64 bits per heavy atom. The predicted octanol–water partition coefficient (Wildman–Crippen LogP) is 3.81. The highest BCUT2D eigenvalue weighted by atomic mass is 32.2. The summed E-state index contributed by atoms with van der Waals surface area (Å²) in [6, 6.07) is 7.62. The molecule has 0 spiro atoms. The quantitative estimate of drug-likeness (QED) is 0.617. The lowest BCUT2D eigenvalue weighted by molar-refractivity contribution is -0.116. The van der Waals surface area contributed by atoms with Crippen LogP contribution in [0.4, 0.5) is 5.69 Å².